The number of aryl methyl sites for hydroxylation is 1. The highest BCUT2D eigenvalue weighted by atomic mass is 16.5. The lowest BCUT2D eigenvalue weighted by Crippen LogP contribution is -2.45. The van der Waals surface area contributed by atoms with Crippen molar-refractivity contribution in [1.29, 1.82) is 0 Å². The fraction of sp³-hybridized carbons (Fsp3) is 0.556. The van der Waals surface area contributed by atoms with Crippen molar-refractivity contribution in [2.45, 2.75) is 32.2 Å². The van der Waals surface area contributed by atoms with E-state index in [0.717, 1.165) is 24.1 Å². The zero-order valence-corrected chi connectivity index (χ0v) is 14.3. The molecule has 0 aromatic heterocycles. The average Bonchev–Trinajstić information content (AvgIpc) is 2.96. The number of benzene rings is 1. The molecule has 0 radical (unpaired) electrons. The average molecular weight is 331 g/mol. The lowest BCUT2D eigenvalue weighted by Gasteiger charge is -2.32. The standard InChI is InChI=1S/C18H25N3O3/c1-12-3-4-16(24-2)15(9-12)21-11-13(10-17(21)22)18(23)20-7-5-14(19)6-8-20/h3-4,9,13-14H,5-8,10-11,19H2,1-2H3. The van der Waals surface area contributed by atoms with Crippen LogP contribution in [0.4, 0.5) is 5.69 Å². The summed E-state index contributed by atoms with van der Waals surface area (Å²) in [7, 11) is 1.59. The minimum atomic E-state index is -0.281. The molecule has 2 heterocycles. The summed E-state index contributed by atoms with van der Waals surface area (Å²) in [5, 5.41) is 0. The van der Waals surface area contributed by atoms with E-state index in [1.54, 1.807) is 12.0 Å². The SMILES string of the molecule is COc1ccc(C)cc1N1CC(C(=O)N2CCC(N)CC2)CC1=O. The van der Waals surface area contributed by atoms with Crippen molar-refractivity contribution in [3.63, 3.8) is 0 Å². The van der Waals surface area contributed by atoms with Crippen molar-refractivity contribution < 1.29 is 14.3 Å². The Hall–Kier alpha value is -2.08. The molecule has 2 N–H and O–H groups in total. The number of ether oxygens (including phenoxy) is 1. The van der Waals surface area contributed by atoms with Gasteiger partial charge >= 0.3 is 0 Å². The second-order valence-electron chi connectivity index (χ2n) is 6.74. The summed E-state index contributed by atoms with van der Waals surface area (Å²) in [6.07, 6.45) is 1.93. The number of piperidine rings is 1. The van der Waals surface area contributed by atoms with Crippen LogP contribution in [-0.4, -0.2) is 49.5 Å². The molecule has 0 bridgehead atoms. The molecule has 0 saturated carbocycles. The molecule has 2 aliphatic rings. The van der Waals surface area contributed by atoms with Crippen molar-refractivity contribution in [3.8, 4) is 5.75 Å². The van der Waals surface area contributed by atoms with Gasteiger partial charge in [0.2, 0.25) is 11.8 Å². The van der Waals surface area contributed by atoms with Crippen LogP contribution in [0.15, 0.2) is 18.2 Å². The van der Waals surface area contributed by atoms with Gasteiger partial charge in [0.15, 0.2) is 0 Å². The largest absolute Gasteiger partial charge is 0.495 e. The fourth-order valence-electron chi connectivity index (χ4n) is 3.49. The smallest absolute Gasteiger partial charge is 0.228 e. The van der Waals surface area contributed by atoms with Crippen molar-refractivity contribution >= 4 is 17.5 Å². The summed E-state index contributed by atoms with van der Waals surface area (Å²) in [6, 6.07) is 5.93. The van der Waals surface area contributed by atoms with Gasteiger partial charge < -0.3 is 20.3 Å². The van der Waals surface area contributed by atoms with Gasteiger partial charge in [0.1, 0.15) is 5.75 Å². The summed E-state index contributed by atoms with van der Waals surface area (Å²) in [4.78, 5) is 28.8. The molecule has 2 saturated heterocycles. The molecule has 0 aliphatic carbocycles. The maximum atomic E-state index is 12.7. The van der Waals surface area contributed by atoms with Crippen molar-refractivity contribution in [2.75, 3.05) is 31.6 Å². The van der Waals surface area contributed by atoms with Gasteiger partial charge in [-0.2, -0.15) is 0 Å². The Balaban J connectivity index is 1.74. The Bertz CT molecular complexity index is 638. The molecule has 0 spiro atoms. The highest BCUT2D eigenvalue weighted by Crippen LogP contribution is 2.34. The molecule has 1 unspecified atom stereocenters. The van der Waals surface area contributed by atoms with E-state index >= 15 is 0 Å². The molecule has 2 fully saturated rings. The highest BCUT2D eigenvalue weighted by Gasteiger charge is 2.38. The molecular formula is C18H25N3O3. The first-order chi connectivity index (χ1) is 11.5. The van der Waals surface area contributed by atoms with E-state index < -0.39 is 0 Å². The van der Waals surface area contributed by atoms with E-state index in [2.05, 4.69) is 0 Å². The molecular weight excluding hydrogens is 306 g/mol. The quantitative estimate of drug-likeness (QED) is 0.906. The number of nitrogens with two attached hydrogens (primary N) is 1. The van der Waals surface area contributed by atoms with Crippen LogP contribution in [0.3, 0.4) is 0 Å². The summed E-state index contributed by atoms with van der Waals surface area (Å²) < 4.78 is 5.38. The first kappa shape index (κ1) is 16.8. The summed E-state index contributed by atoms with van der Waals surface area (Å²) in [5.74, 6) is 0.429. The lowest BCUT2D eigenvalue weighted by molar-refractivity contribution is -0.136. The zero-order chi connectivity index (χ0) is 17.3. The number of hydrogen-bond acceptors (Lipinski definition) is 4. The zero-order valence-electron chi connectivity index (χ0n) is 14.3. The van der Waals surface area contributed by atoms with Gasteiger partial charge in [-0.3, -0.25) is 9.59 Å². The second kappa shape index (κ2) is 6.81. The monoisotopic (exact) mass is 331 g/mol. The number of amides is 2. The number of nitrogens with zero attached hydrogens (tertiary/aromatic N) is 2. The van der Waals surface area contributed by atoms with Crippen molar-refractivity contribution in [3.05, 3.63) is 23.8 Å². The van der Waals surface area contributed by atoms with Crippen LogP contribution in [0, 0.1) is 12.8 Å². The predicted octanol–water partition coefficient (Wildman–Crippen LogP) is 1.31. The molecule has 1 aromatic rings. The molecule has 24 heavy (non-hydrogen) atoms. The van der Waals surface area contributed by atoms with Crippen LogP contribution >= 0.6 is 0 Å². The van der Waals surface area contributed by atoms with Gasteiger partial charge in [0.25, 0.3) is 0 Å². The Morgan fingerprint density at radius 1 is 1.29 bits per heavy atom. The van der Waals surface area contributed by atoms with Crippen molar-refractivity contribution in [2.24, 2.45) is 11.7 Å². The number of rotatable bonds is 3. The van der Waals surface area contributed by atoms with E-state index in [4.69, 9.17) is 10.5 Å². The molecule has 1 atom stereocenters. The van der Waals surface area contributed by atoms with Gasteiger partial charge in [0, 0.05) is 32.1 Å². The molecule has 6 nitrogen and oxygen atoms in total. The Morgan fingerprint density at radius 2 is 2.00 bits per heavy atom. The topological polar surface area (TPSA) is 75.9 Å². The minimum absolute atomic E-state index is 0.0223. The summed E-state index contributed by atoms with van der Waals surface area (Å²) >= 11 is 0. The van der Waals surface area contributed by atoms with E-state index in [1.165, 1.54) is 0 Å². The molecule has 1 aromatic carbocycles. The second-order valence-corrected chi connectivity index (χ2v) is 6.74. The van der Waals surface area contributed by atoms with Crippen LogP contribution < -0.4 is 15.4 Å². The van der Waals surface area contributed by atoms with Crippen LogP contribution in [0.1, 0.15) is 24.8 Å². The van der Waals surface area contributed by atoms with Crippen LogP contribution in [0.5, 0.6) is 5.75 Å². The Kier molecular flexibility index (Phi) is 4.76. The third-order valence-electron chi connectivity index (χ3n) is 4.95. The first-order valence-electron chi connectivity index (χ1n) is 8.49. The predicted molar refractivity (Wildman–Crippen MR) is 92.0 cm³/mol. The number of methoxy groups -OCH3 is 1. The number of hydrogen-bond donors (Lipinski definition) is 1. The maximum absolute atomic E-state index is 12.7. The van der Waals surface area contributed by atoms with Gasteiger partial charge in [-0.05, 0) is 37.5 Å². The normalized spacial score (nSPS) is 22.1. The molecule has 130 valence electrons. The van der Waals surface area contributed by atoms with Crippen molar-refractivity contribution in [1.82, 2.24) is 4.90 Å². The Morgan fingerprint density at radius 3 is 2.67 bits per heavy atom. The summed E-state index contributed by atoms with van der Waals surface area (Å²) in [6.45, 7) is 3.78. The van der Waals surface area contributed by atoms with E-state index in [1.807, 2.05) is 30.0 Å². The number of carbonyl (C=O) groups excluding carboxylic acids is 2. The van der Waals surface area contributed by atoms with Gasteiger partial charge in [0.05, 0.1) is 18.7 Å². The third kappa shape index (κ3) is 3.24. The molecule has 2 amide bonds. The van der Waals surface area contributed by atoms with Crippen LogP contribution in [0.2, 0.25) is 0 Å². The van der Waals surface area contributed by atoms with Gasteiger partial charge in [-0.1, -0.05) is 6.07 Å². The fourth-order valence-corrected chi connectivity index (χ4v) is 3.49. The van der Waals surface area contributed by atoms with Crippen LogP contribution in [-0.2, 0) is 9.59 Å². The van der Waals surface area contributed by atoms with Crippen LogP contribution in [0.25, 0.3) is 0 Å². The third-order valence-corrected chi connectivity index (χ3v) is 4.95. The summed E-state index contributed by atoms with van der Waals surface area (Å²) in [5.41, 5.74) is 7.71. The highest BCUT2D eigenvalue weighted by molar-refractivity contribution is 6.01. The van der Waals surface area contributed by atoms with E-state index in [0.29, 0.717) is 25.4 Å². The Labute approximate surface area is 142 Å². The van der Waals surface area contributed by atoms with E-state index in [-0.39, 0.29) is 30.2 Å². The maximum Gasteiger partial charge on any atom is 0.228 e. The minimum Gasteiger partial charge on any atom is -0.495 e. The number of likely N-dealkylation sites (tertiary alicyclic amines) is 1. The van der Waals surface area contributed by atoms with E-state index in [9.17, 15) is 9.59 Å². The molecule has 3 rings (SSSR count). The van der Waals surface area contributed by atoms with Gasteiger partial charge in [-0.15, -0.1) is 0 Å². The number of anilines is 1. The molecule has 2 aliphatic heterocycles. The molecule has 6 heteroatoms. The number of carbonyl (C=O) groups is 2. The first-order valence-corrected chi connectivity index (χ1v) is 8.49. The lowest BCUT2D eigenvalue weighted by atomic mass is 10.0. The van der Waals surface area contributed by atoms with Gasteiger partial charge in [-0.25, -0.2) is 0 Å².